The van der Waals surface area contributed by atoms with E-state index in [-0.39, 0.29) is 0 Å². The average molecular weight is 345 g/mol. The second-order valence-electron chi connectivity index (χ2n) is 6.56. The number of methoxy groups -OCH3 is 1. The normalized spacial score (nSPS) is 20.8. The van der Waals surface area contributed by atoms with Crippen LogP contribution < -0.4 is 0 Å². The van der Waals surface area contributed by atoms with Gasteiger partial charge < -0.3 is 19.3 Å². The lowest BCUT2D eigenvalue weighted by molar-refractivity contribution is 0.0304. The molecule has 0 radical (unpaired) electrons. The first-order chi connectivity index (χ1) is 11.8. The van der Waals surface area contributed by atoms with Gasteiger partial charge in [0.1, 0.15) is 0 Å². The summed E-state index contributed by atoms with van der Waals surface area (Å²) >= 11 is 0. The van der Waals surface area contributed by atoms with Gasteiger partial charge in [-0.2, -0.15) is 0 Å². The molecule has 0 bridgehead atoms. The van der Waals surface area contributed by atoms with Crippen LogP contribution in [0.15, 0.2) is 0 Å². The lowest BCUT2D eigenvalue weighted by atomic mass is 9.97. The first kappa shape index (κ1) is 23.8. The van der Waals surface area contributed by atoms with Gasteiger partial charge >= 0.3 is 0 Å². The van der Waals surface area contributed by atoms with Gasteiger partial charge in [0.25, 0.3) is 0 Å². The second kappa shape index (κ2) is 16.3. The number of hydrogen-bond donors (Lipinski definition) is 0. The van der Waals surface area contributed by atoms with Gasteiger partial charge in [-0.15, -0.1) is 0 Å². The molecule has 2 fully saturated rings. The standard InChI is InChI=1S/C16H32N2O2.2C2H6/c1-17-7-3-15(4-8-17)13-20-14-16-5-9-18(10-6-16)11-12-19-2;2*1-2/h15-16H,3-14H2,1-2H3;2*1-2H3. The first-order valence-electron chi connectivity index (χ1n) is 10.3. The summed E-state index contributed by atoms with van der Waals surface area (Å²) in [6, 6.07) is 0. The van der Waals surface area contributed by atoms with Crippen LogP contribution in [0, 0.1) is 11.8 Å². The molecule has 0 aliphatic carbocycles. The molecule has 4 heteroatoms. The molecule has 0 aromatic carbocycles. The van der Waals surface area contributed by atoms with Crippen LogP contribution in [-0.4, -0.2) is 76.5 Å². The number of ether oxygens (including phenoxy) is 2. The molecule has 0 N–H and O–H groups in total. The van der Waals surface area contributed by atoms with Crippen LogP contribution in [0.5, 0.6) is 0 Å². The molecule has 2 aliphatic rings. The summed E-state index contributed by atoms with van der Waals surface area (Å²) in [6.45, 7) is 16.8. The van der Waals surface area contributed by atoms with Gasteiger partial charge in [-0.25, -0.2) is 0 Å². The minimum absolute atomic E-state index is 0.778. The lowest BCUT2D eigenvalue weighted by Gasteiger charge is -2.32. The smallest absolute Gasteiger partial charge is 0.0589 e. The number of piperidine rings is 2. The highest BCUT2D eigenvalue weighted by Gasteiger charge is 2.20. The fraction of sp³-hybridized carbons (Fsp3) is 1.00. The molecular weight excluding hydrogens is 300 g/mol. The van der Waals surface area contributed by atoms with E-state index in [9.17, 15) is 0 Å². The van der Waals surface area contributed by atoms with E-state index in [1.165, 1.54) is 51.9 Å². The zero-order chi connectivity index (χ0) is 18.2. The Labute approximate surface area is 151 Å². The van der Waals surface area contributed by atoms with E-state index in [0.717, 1.165) is 38.2 Å². The largest absolute Gasteiger partial charge is 0.383 e. The van der Waals surface area contributed by atoms with Crippen molar-refractivity contribution in [1.82, 2.24) is 9.80 Å². The average Bonchev–Trinajstić information content (AvgIpc) is 2.66. The van der Waals surface area contributed by atoms with Crippen LogP contribution in [0.1, 0.15) is 53.4 Å². The monoisotopic (exact) mass is 344 g/mol. The molecule has 0 atom stereocenters. The summed E-state index contributed by atoms with van der Waals surface area (Å²) in [6.07, 6.45) is 5.20. The van der Waals surface area contributed by atoms with Crippen molar-refractivity contribution in [3.05, 3.63) is 0 Å². The molecule has 24 heavy (non-hydrogen) atoms. The maximum atomic E-state index is 6.00. The van der Waals surface area contributed by atoms with Crippen molar-refractivity contribution >= 4 is 0 Å². The van der Waals surface area contributed by atoms with Crippen LogP contribution in [0.2, 0.25) is 0 Å². The predicted molar refractivity (Wildman–Crippen MR) is 105 cm³/mol. The maximum absolute atomic E-state index is 6.00. The molecule has 2 rings (SSSR count). The highest BCUT2D eigenvalue weighted by molar-refractivity contribution is 4.73. The van der Waals surface area contributed by atoms with Crippen LogP contribution in [-0.2, 0) is 9.47 Å². The molecule has 0 unspecified atom stereocenters. The van der Waals surface area contributed by atoms with Gasteiger partial charge in [0.2, 0.25) is 0 Å². The van der Waals surface area contributed by atoms with Gasteiger partial charge in [-0.1, -0.05) is 27.7 Å². The third-order valence-electron chi connectivity index (χ3n) is 4.86. The van der Waals surface area contributed by atoms with Crippen molar-refractivity contribution < 1.29 is 9.47 Å². The molecular formula is C20H44N2O2. The maximum Gasteiger partial charge on any atom is 0.0589 e. The predicted octanol–water partition coefficient (Wildman–Crippen LogP) is 3.76. The van der Waals surface area contributed by atoms with Crippen molar-refractivity contribution in [1.29, 1.82) is 0 Å². The summed E-state index contributed by atoms with van der Waals surface area (Å²) in [4.78, 5) is 4.93. The topological polar surface area (TPSA) is 24.9 Å². The highest BCUT2D eigenvalue weighted by Crippen LogP contribution is 2.20. The third-order valence-corrected chi connectivity index (χ3v) is 4.86. The summed E-state index contributed by atoms with van der Waals surface area (Å²) < 4.78 is 11.1. The minimum Gasteiger partial charge on any atom is -0.383 e. The third kappa shape index (κ3) is 10.7. The number of rotatable bonds is 7. The molecule has 146 valence electrons. The van der Waals surface area contributed by atoms with E-state index < -0.39 is 0 Å². The molecule has 2 aliphatic heterocycles. The van der Waals surface area contributed by atoms with Crippen LogP contribution in [0.3, 0.4) is 0 Å². The van der Waals surface area contributed by atoms with E-state index in [4.69, 9.17) is 9.47 Å². The quantitative estimate of drug-likeness (QED) is 0.702. The Morgan fingerprint density at radius 2 is 1.25 bits per heavy atom. The van der Waals surface area contributed by atoms with E-state index in [1.807, 2.05) is 27.7 Å². The molecule has 0 spiro atoms. The Balaban J connectivity index is 0.00000123. The molecule has 0 amide bonds. The molecule has 4 nitrogen and oxygen atoms in total. The summed E-state index contributed by atoms with van der Waals surface area (Å²) in [5.41, 5.74) is 0. The lowest BCUT2D eigenvalue weighted by Crippen LogP contribution is -2.37. The zero-order valence-electron chi connectivity index (χ0n) is 17.4. The summed E-state index contributed by atoms with van der Waals surface area (Å²) in [7, 11) is 4.00. The fourth-order valence-corrected chi connectivity index (χ4v) is 3.23. The van der Waals surface area contributed by atoms with E-state index in [2.05, 4.69) is 16.8 Å². The van der Waals surface area contributed by atoms with Gasteiger partial charge in [-0.05, 0) is 70.7 Å². The van der Waals surface area contributed by atoms with Gasteiger partial charge in [-0.3, -0.25) is 0 Å². The Morgan fingerprint density at radius 3 is 1.71 bits per heavy atom. The zero-order valence-corrected chi connectivity index (χ0v) is 17.4. The first-order valence-corrected chi connectivity index (χ1v) is 10.3. The van der Waals surface area contributed by atoms with E-state index in [0.29, 0.717) is 0 Å². The highest BCUT2D eigenvalue weighted by atomic mass is 16.5. The van der Waals surface area contributed by atoms with Crippen LogP contribution >= 0.6 is 0 Å². The number of nitrogens with zero attached hydrogens (tertiary/aromatic N) is 2. The Hall–Kier alpha value is -0.160. The minimum atomic E-state index is 0.778. The molecule has 0 aromatic rings. The van der Waals surface area contributed by atoms with E-state index >= 15 is 0 Å². The van der Waals surface area contributed by atoms with E-state index in [1.54, 1.807) is 7.11 Å². The van der Waals surface area contributed by atoms with Gasteiger partial charge in [0.15, 0.2) is 0 Å². The van der Waals surface area contributed by atoms with Crippen molar-refractivity contribution in [2.75, 3.05) is 66.7 Å². The summed E-state index contributed by atoms with van der Waals surface area (Å²) in [5.74, 6) is 1.58. The molecule has 0 aromatic heterocycles. The van der Waals surface area contributed by atoms with Crippen LogP contribution in [0.25, 0.3) is 0 Å². The van der Waals surface area contributed by atoms with Crippen LogP contribution in [0.4, 0.5) is 0 Å². The Morgan fingerprint density at radius 1 is 0.792 bits per heavy atom. The molecule has 2 heterocycles. The second-order valence-corrected chi connectivity index (χ2v) is 6.56. The Kier molecular flexibility index (Phi) is 16.2. The van der Waals surface area contributed by atoms with Crippen molar-refractivity contribution in [2.24, 2.45) is 11.8 Å². The van der Waals surface area contributed by atoms with Crippen molar-refractivity contribution in [2.45, 2.75) is 53.4 Å². The van der Waals surface area contributed by atoms with Gasteiger partial charge in [0, 0.05) is 26.9 Å². The molecule has 0 saturated carbocycles. The fourth-order valence-electron chi connectivity index (χ4n) is 3.23. The number of hydrogen-bond acceptors (Lipinski definition) is 4. The van der Waals surface area contributed by atoms with Gasteiger partial charge in [0.05, 0.1) is 6.61 Å². The van der Waals surface area contributed by atoms with Crippen molar-refractivity contribution in [3.63, 3.8) is 0 Å². The number of likely N-dealkylation sites (tertiary alicyclic amines) is 2. The molecule has 2 saturated heterocycles. The van der Waals surface area contributed by atoms with Crippen molar-refractivity contribution in [3.8, 4) is 0 Å². The summed E-state index contributed by atoms with van der Waals surface area (Å²) in [5, 5.41) is 0. The SMILES string of the molecule is CC.CC.COCCN1CCC(COCC2CCN(C)CC2)CC1. The Bertz CT molecular complexity index is 248.